The lowest BCUT2D eigenvalue weighted by atomic mass is 10.2. The van der Waals surface area contributed by atoms with Crippen LogP contribution in [0.3, 0.4) is 0 Å². The van der Waals surface area contributed by atoms with Crippen LogP contribution in [0.5, 0.6) is 0 Å². The summed E-state index contributed by atoms with van der Waals surface area (Å²) in [6, 6.07) is 5.83. The molecule has 1 aromatic rings. The Labute approximate surface area is 110 Å². The van der Waals surface area contributed by atoms with Crippen LogP contribution in [0.2, 0.25) is 0 Å². The third-order valence-electron chi connectivity index (χ3n) is 2.95. The number of nitrogens with zero attached hydrogens (tertiary/aromatic N) is 1. The monoisotopic (exact) mass is 300 g/mol. The average molecular weight is 301 g/mol. The standard InChI is InChI=1S/C13H18BrFN2/c1-17(7-6-16-12-3-4-12)9-10-8-11(14)2-5-13(10)15/h2,5,8,12,16H,3-4,6-7,9H2,1H3. The topological polar surface area (TPSA) is 15.3 Å². The first kappa shape index (κ1) is 13.0. The molecule has 0 spiro atoms. The highest BCUT2D eigenvalue weighted by molar-refractivity contribution is 9.10. The molecule has 17 heavy (non-hydrogen) atoms. The Balaban J connectivity index is 1.79. The zero-order valence-corrected chi connectivity index (χ0v) is 11.6. The predicted molar refractivity (Wildman–Crippen MR) is 71.5 cm³/mol. The molecule has 2 rings (SSSR count). The molecule has 1 aliphatic carbocycles. The van der Waals surface area contributed by atoms with Crippen molar-refractivity contribution >= 4 is 15.9 Å². The Morgan fingerprint density at radius 3 is 2.94 bits per heavy atom. The zero-order chi connectivity index (χ0) is 12.3. The van der Waals surface area contributed by atoms with E-state index in [1.54, 1.807) is 6.07 Å². The Bertz CT molecular complexity index is 380. The Hall–Kier alpha value is -0.450. The lowest BCUT2D eigenvalue weighted by Gasteiger charge is -2.17. The Morgan fingerprint density at radius 1 is 1.47 bits per heavy atom. The molecule has 0 aliphatic heterocycles. The van der Waals surface area contributed by atoms with E-state index in [2.05, 4.69) is 26.1 Å². The van der Waals surface area contributed by atoms with Crippen LogP contribution >= 0.6 is 15.9 Å². The van der Waals surface area contributed by atoms with Crippen molar-refractivity contribution in [3.8, 4) is 0 Å². The second-order valence-electron chi connectivity index (χ2n) is 4.70. The summed E-state index contributed by atoms with van der Waals surface area (Å²) in [5, 5.41) is 3.45. The van der Waals surface area contributed by atoms with E-state index >= 15 is 0 Å². The number of likely N-dealkylation sites (N-methyl/N-ethyl adjacent to an activating group) is 1. The van der Waals surface area contributed by atoms with Crippen LogP contribution in [0.15, 0.2) is 22.7 Å². The molecular formula is C13H18BrFN2. The van der Waals surface area contributed by atoms with Crippen molar-refractivity contribution < 1.29 is 4.39 Å². The summed E-state index contributed by atoms with van der Waals surface area (Å²) in [6.07, 6.45) is 2.62. The fraction of sp³-hybridized carbons (Fsp3) is 0.538. The van der Waals surface area contributed by atoms with Crippen molar-refractivity contribution in [3.63, 3.8) is 0 Å². The molecule has 0 heterocycles. The van der Waals surface area contributed by atoms with E-state index in [0.717, 1.165) is 29.2 Å². The quantitative estimate of drug-likeness (QED) is 0.869. The third-order valence-corrected chi connectivity index (χ3v) is 3.45. The van der Waals surface area contributed by atoms with Crippen LogP contribution in [-0.4, -0.2) is 31.1 Å². The largest absolute Gasteiger partial charge is 0.313 e. The van der Waals surface area contributed by atoms with Gasteiger partial charge >= 0.3 is 0 Å². The molecule has 2 nitrogen and oxygen atoms in total. The third kappa shape index (κ3) is 4.37. The lowest BCUT2D eigenvalue weighted by molar-refractivity contribution is 0.318. The molecule has 1 saturated carbocycles. The van der Waals surface area contributed by atoms with Gasteiger partial charge in [0.25, 0.3) is 0 Å². The van der Waals surface area contributed by atoms with Gasteiger partial charge in [-0.05, 0) is 38.1 Å². The molecule has 0 unspecified atom stereocenters. The first-order valence-corrected chi connectivity index (χ1v) is 6.80. The fourth-order valence-electron chi connectivity index (χ4n) is 1.78. The number of nitrogens with one attached hydrogen (secondary N) is 1. The van der Waals surface area contributed by atoms with Gasteiger partial charge in [-0.2, -0.15) is 0 Å². The van der Waals surface area contributed by atoms with E-state index in [1.165, 1.54) is 18.9 Å². The summed E-state index contributed by atoms with van der Waals surface area (Å²) in [5.41, 5.74) is 0.744. The second-order valence-corrected chi connectivity index (χ2v) is 5.62. The number of hydrogen-bond acceptors (Lipinski definition) is 2. The molecule has 0 aromatic heterocycles. The highest BCUT2D eigenvalue weighted by Crippen LogP contribution is 2.18. The first-order chi connectivity index (χ1) is 8.15. The smallest absolute Gasteiger partial charge is 0.127 e. The summed E-state index contributed by atoms with van der Waals surface area (Å²) in [7, 11) is 2.02. The number of rotatable bonds is 6. The highest BCUT2D eigenvalue weighted by Gasteiger charge is 2.19. The van der Waals surface area contributed by atoms with Crippen molar-refractivity contribution in [1.29, 1.82) is 0 Å². The van der Waals surface area contributed by atoms with E-state index in [0.29, 0.717) is 6.54 Å². The van der Waals surface area contributed by atoms with Crippen molar-refractivity contribution in [2.24, 2.45) is 0 Å². The molecule has 1 aromatic carbocycles. The molecule has 1 N–H and O–H groups in total. The van der Waals surface area contributed by atoms with Crippen molar-refractivity contribution in [3.05, 3.63) is 34.1 Å². The molecule has 0 radical (unpaired) electrons. The molecule has 4 heteroatoms. The lowest BCUT2D eigenvalue weighted by Crippen LogP contribution is -2.30. The van der Waals surface area contributed by atoms with Crippen LogP contribution in [0.1, 0.15) is 18.4 Å². The normalized spacial score (nSPS) is 15.5. The van der Waals surface area contributed by atoms with Crippen molar-refractivity contribution in [2.45, 2.75) is 25.4 Å². The molecular weight excluding hydrogens is 283 g/mol. The number of benzene rings is 1. The summed E-state index contributed by atoms with van der Waals surface area (Å²) in [5.74, 6) is -0.129. The first-order valence-electron chi connectivity index (χ1n) is 6.01. The van der Waals surface area contributed by atoms with Gasteiger partial charge in [0.2, 0.25) is 0 Å². The molecule has 0 amide bonds. The van der Waals surface area contributed by atoms with E-state index in [4.69, 9.17) is 0 Å². The van der Waals surface area contributed by atoms with Gasteiger partial charge in [-0.1, -0.05) is 15.9 Å². The second kappa shape index (κ2) is 5.94. The minimum absolute atomic E-state index is 0.129. The minimum atomic E-state index is -0.129. The molecule has 0 saturated heterocycles. The maximum Gasteiger partial charge on any atom is 0.127 e. The minimum Gasteiger partial charge on any atom is -0.313 e. The van der Waals surface area contributed by atoms with Gasteiger partial charge in [0.05, 0.1) is 0 Å². The predicted octanol–water partition coefficient (Wildman–Crippen LogP) is 2.77. The van der Waals surface area contributed by atoms with Crippen LogP contribution in [0.25, 0.3) is 0 Å². The van der Waals surface area contributed by atoms with Crippen LogP contribution in [-0.2, 0) is 6.54 Å². The van der Waals surface area contributed by atoms with Crippen LogP contribution < -0.4 is 5.32 Å². The van der Waals surface area contributed by atoms with Crippen molar-refractivity contribution in [2.75, 3.05) is 20.1 Å². The van der Waals surface area contributed by atoms with E-state index in [9.17, 15) is 4.39 Å². The maximum atomic E-state index is 13.5. The molecule has 94 valence electrons. The zero-order valence-electron chi connectivity index (χ0n) is 10.0. The summed E-state index contributed by atoms with van der Waals surface area (Å²) in [6.45, 7) is 2.58. The SMILES string of the molecule is CN(CCNC1CC1)Cc1cc(Br)ccc1F. The van der Waals surface area contributed by atoms with Gasteiger partial charge in [-0.25, -0.2) is 4.39 Å². The Kier molecular flexibility index (Phi) is 4.54. The molecule has 1 aliphatic rings. The molecule has 0 atom stereocenters. The van der Waals surface area contributed by atoms with Gasteiger partial charge in [-0.3, -0.25) is 0 Å². The molecule has 1 fully saturated rings. The van der Waals surface area contributed by atoms with E-state index in [-0.39, 0.29) is 5.82 Å². The highest BCUT2D eigenvalue weighted by atomic mass is 79.9. The van der Waals surface area contributed by atoms with Crippen molar-refractivity contribution in [1.82, 2.24) is 10.2 Å². The van der Waals surface area contributed by atoms with Gasteiger partial charge in [0, 0.05) is 35.7 Å². The summed E-state index contributed by atoms with van der Waals surface area (Å²) < 4.78 is 14.5. The van der Waals surface area contributed by atoms with Gasteiger partial charge in [0.15, 0.2) is 0 Å². The van der Waals surface area contributed by atoms with Crippen LogP contribution in [0.4, 0.5) is 4.39 Å². The fourth-order valence-corrected chi connectivity index (χ4v) is 2.19. The van der Waals surface area contributed by atoms with E-state index in [1.807, 2.05) is 13.1 Å². The van der Waals surface area contributed by atoms with Crippen LogP contribution in [0, 0.1) is 5.82 Å². The number of hydrogen-bond donors (Lipinski definition) is 1. The van der Waals surface area contributed by atoms with Gasteiger partial charge < -0.3 is 10.2 Å². The maximum absolute atomic E-state index is 13.5. The van der Waals surface area contributed by atoms with Gasteiger partial charge in [0.1, 0.15) is 5.82 Å². The van der Waals surface area contributed by atoms with E-state index < -0.39 is 0 Å². The molecule has 0 bridgehead atoms. The summed E-state index contributed by atoms with van der Waals surface area (Å²) in [4.78, 5) is 2.14. The van der Waals surface area contributed by atoms with Gasteiger partial charge in [-0.15, -0.1) is 0 Å². The Morgan fingerprint density at radius 2 is 2.24 bits per heavy atom. The summed E-state index contributed by atoms with van der Waals surface area (Å²) >= 11 is 3.37. The number of halogens is 2. The average Bonchev–Trinajstić information content (AvgIpc) is 3.07.